The second kappa shape index (κ2) is 11.2. The van der Waals surface area contributed by atoms with Gasteiger partial charge in [0.15, 0.2) is 28.9 Å². The van der Waals surface area contributed by atoms with Crippen molar-refractivity contribution in [3.05, 3.63) is 82.4 Å². The van der Waals surface area contributed by atoms with Crippen LogP contribution in [0.15, 0.2) is 66.1 Å². The van der Waals surface area contributed by atoms with Gasteiger partial charge in [0, 0.05) is 42.7 Å². The van der Waals surface area contributed by atoms with Crippen LogP contribution >= 0.6 is 11.6 Å². The third-order valence-electron chi connectivity index (χ3n) is 5.48. The summed E-state index contributed by atoms with van der Waals surface area (Å²) in [6, 6.07) is 9.16. The molecule has 40 heavy (non-hydrogen) atoms. The summed E-state index contributed by atoms with van der Waals surface area (Å²) in [4.78, 5) is 37.9. The van der Waals surface area contributed by atoms with Crippen molar-refractivity contribution in [3.8, 4) is 22.8 Å². The molecule has 5 heterocycles. The van der Waals surface area contributed by atoms with Crippen molar-refractivity contribution in [1.82, 2.24) is 44.8 Å². The Hall–Kier alpha value is -5.37. The molecule has 5 aromatic rings. The summed E-state index contributed by atoms with van der Waals surface area (Å²) in [6.45, 7) is -2.77. The van der Waals surface area contributed by atoms with Crippen LogP contribution < -0.4 is 26.2 Å². The lowest BCUT2D eigenvalue weighted by molar-refractivity contribution is 0.0958. The maximum Gasteiger partial charge on any atom is 0.273 e. The van der Waals surface area contributed by atoms with Crippen molar-refractivity contribution in [3.63, 3.8) is 0 Å². The topological polar surface area (TPSA) is 167 Å². The zero-order valence-electron chi connectivity index (χ0n) is 24.0. The van der Waals surface area contributed by atoms with Crippen LogP contribution in [0, 0.1) is 0 Å². The van der Waals surface area contributed by atoms with Crippen molar-refractivity contribution in [1.29, 1.82) is 0 Å². The number of aryl methyl sites for hydroxylation is 1. The maximum atomic E-state index is 12.9. The van der Waals surface area contributed by atoms with Crippen LogP contribution in [0.25, 0.3) is 17.1 Å². The summed E-state index contributed by atoms with van der Waals surface area (Å²) in [7, 11) is 3.15. The molecule has 0 radical (unpaired) electrons. The van der Waals surface area contributed by atoms with E-state index in [1.165, 1.54) is 59.5 Å². The summed E-state index contributed by atoms with van der Waals surface area (Å²) in [6.07, 6.45) is 5.94. The third-order valence-corrected chi connectivity index (χ3v) is 5.71. The van der Waals surface area contributed by atoms with Gasteiger partial charge >= 0.3 is 0 Å². The number of halogens is 1. The Morgan fingerprint density at radius 3 is 2.67 bits per heavy atom. The van der Waals surface area contributed by atoms with Gasteiger partial charge in [-0.2, -0.15) is 5.10 Å². The van der Waals surface area contributed by atoms with Crippen molar-refractivity contribution in [2.75, 3.05) is 24.7 Å². The molecule has 0 spiro atoms. The Bertz CT molecular complexity index is 1860. The molecule has 0 aliphatic carbocycles. The van der Waals surface area contributed by atoms with E-state index in [0.29, 0.717) is 27.9 Å². The third kappa shape index (κ3) is 5.42. The first-order valence-corrected chi connectivity index (χ1v) is 11.9. The lowest BCUT2D eigenvalue weighted by Crippen LogP contribution is -2.21. The second-order valence-electron chi connectivity index (χ2n) is 8.14. The number of pyridine rings is 3. The molecule has 0 bridgehead atoms. The number of carbonyl (C=O) groups excluding carboxylic acids is 1. The van der Waals surface area contributed by atoms with Crippen molar-refractivity contribution >= 4 is 40.6 Å². The van der Waals surface area contributed by atoms with Crippen LogP contribution in [0.1, 0.15) is 14.6 Å². The smallest absolute Gasteiger partial charge is 0.273 e. The van der Waals surface area contributed by atoms with Gasteiger partial charge in [-0.05, 0) is 24.3 Å². The largest absolute Gasteiger partial charge is 0.492 e. The SMILES string of the molecule is [2H]C([2H])([2H])NC(=O)c1nnc(Nc2ccc(-n3cc(Cl)ccc3=O)cn2)cc1Nc1nccc(-c2ncn(C)n2)c1OC. The monoisotopic (exact) mass is 562 g/mol. The average Bonchev–Trinajstić information content (AvgIpc) is 3.40. The maximum absolute atomic E-state index is 12.9. The standard InChI is InChI=1S/C25H22ClN11O3/c1-27-25(39)21-17(31-24-22(40-3)16(8-9-28-24)23-30-13-36(2)35-23)10-19(33-34-21)32-18-6-5-15(11-29-18)37-12-14(26)4-7-20(37)38/h4-13H,1-3H3,(H,27,39)(H2,28,29,31,32,33)/i1D3. The first-order chi connectivity index (χ1) is 20.5. The molecule has 1 amide bonds. The Labute approximate surface area is 236 Å². The Morgan fingerprint density at radius 2 is 1.95 bits per heavy atom. The molecule has 0 fully saturated rings. The Balaban J connectivity index is 1.49. The minimum atomic E-state index is -2.77. The zero-order chi connectivity index (χ0) is 30.7. The summed E-state index contributed by atoms with van der Waals surface area (Å²) >= 11 is 6.02. The minimum absolute atomic E-state index is 0.0540. The highest BCUT2D eigenvalue weighted by Crippen LogP contribution is 2.35. The van der Waals surface area contributed by atoms with Gasteiger partial charge in [0.05, 0.1) is 35.3 Å². The number of ether oxygens (including phenoxy) is 1. The van der Waals surface area contributed by atoms with Gasteiger partial charge in [0.1, 0.15) is 12.1 Å². The first-order valence-electron chi connectivity index (χ1n) is 13.0. The van der Waals surface area contributed by atoms with Crippen LogP contribution in [0.2, 0.25) is 5.02 Å². The number of aromatic nitrogens is 8. The van der Waals surface area contributed by atoms with Crippen molar-refractivity contribution < 1.29 is 13.6 Å². The molecule has 14 nitrogen and oxygen atoms in total. The summed E-state index contributed by atoms with van der Waals surface area (Å²) in [5, 5.41) is 20.5. The molecule has 202 valence electrons. The fraction of sp³-hybridized carbons (Fsp3) is 0.120. The van der Waals surface area contributed by atoms with E-state index < -0.39 is 12.9 Å². The van der Waals surface area contributed by atoms with Crippen LogP contribution in [-0.2, 0) is 7.05 Å². The molecule has 15 heteroatoms. The summed E-state index contributed by atoms with van der Waals surface area (Å²) in [5.41, 5.74) is 0.432. The molecule has 0 aliphatic rings. The highest BCUT2D eigenvalue weighted by molar-refractivity contribution is 6.30. The molecule has 3 N–H and O–H groups in total. The molecule has 5 rings (SSSR count). The van der Waals surface area contributed by atoms with E-state index in [2.05, 4.69) is 40.9 Å². The number of amides is 1. The van der Waals surface area contributed by atoms with Crippen LogP contribution in [0.3, 0.4) is 0 Å². The van der Waals surface area contributed by atoms with E-state index in [4.69, 9.17) is 20.5 Å². The predicted octanol–water partition coefficient (Wildman–Crippen LogP) is 2.72. The van der Waals surface area contributed by atoms with Crippen LogP contribution in [-0.4, -0.2) is 59.5 Å². The van der Waals surface area contributed by atoms with Gasteiger partial charge < -0.3 is 20.7 Å². The molecule has 0 unspecified atom stereocenters. The Kier molecular flexibility index (Phi) is 6.31. The van der Waals surface area contributed by atoms with Gasteiger partial charge in [0.25, 0.3) is 11.5 Å². The summed E-state index contributed by atoms with van der Waals surface area (Å²) < 4.78 is 30.7. The highest BCUT2D eigenvalue weighted by atomic mass is 35.5. The van der Waals surface area contributed by atoms with E-state index >= 15 is 0 Å². The van der Waals surface area contributed by atoms with E-state index in [0.717, 1.165) is 0 Å². The first kappa shape index (κ1) is 22.6. The summed E-state index contributed by atoms with van der Waals surface area (Å²) in [5.74, 6) is 0.277. The zero-order valence-corrected chi connectivity index (χ0v) is 21.7. The molecule has 0 atom stereocenters. The highest BCUT2D eigenvalue weighted by Gasteiger charge is 2.20. The number of hydrogen-bond acceptors (Lipinski definition) is 11. The predicted molar refractivity (Wildman–Crippen MR) is 148 cm³/mol. The van der Waals surface area contributed by atoms with Gasteiger partial charge in [-0.1, -0.05) is 11.6 Å². The number of rotatable bonds is 8. The van der Waals surface area contributed by atoms with E-state index in [9.17, 15) is 9.59 Å². The van der Waals surface area contributed by atoms with Crippen molar-refractivity contribution in [2.24, 2.45) is 7.05 Å². The van der Waals surface area contributed by atoms with Crippen LogP contribution in [0.5, 0.6) is 5.75 Å². The lowest BCUT2D eigenvalue weighted by atomic mass is 10.2. The van der Waals surface area contributed by atoms with E-state index in [-0.39, 0.29) is 34.3 Å². The molecule has 5 aromatic heterocycles. The van der Waals surface area contributed by atoms with Gasteiger partial charge in [0.2, 0.25) is 0 Å². The number of anilines is 4. The van der Waals surface area contributed by atoms with E-state index in [1.54, 1.807) is 25.2 Å². The quantitative estimate of drug-likeness (QED) is 0.254. The van der Waals surface area contributed by atoms with Crippen LogP contribution in [0.4, 0.5) is 23.1 Å². The molecule has 0 aromatic carbocycles. The lowest BCUT2D eigenvalue weighted by Gasteiger charge is -2.15. The fourth-order valence-electron chi connectivity index (χ4n) is 3.68. The molecule has 0 aliphatic heterocycles. The normalized spacial score (nSPS) is 12.1. The second-order valence-corrected chi connectivity index (χ2v) is 8.57. The number of nitrogens with zero attached hydrogens (tertiary/aromatic N) is 8. The number of methoxy groups -OCH3 is 1. The fourth-order valence-corrected chi connectivity index (χ4v) is 3.84. The average molecular weight is 563 g/mol. The van der Waals surface area contributed by atoms with Crippen molar-refractivity contribution in [2.45, 2.75) is 0 Å². The van der Waals surface area contributed by atoms with Gasteiger partial charge in [-0.15, -0.1) is 10.2 Å². The molecular weight excluding hydrogens is 538 g/mol. The van der Waals surface area contributed by atoms with Gasteiger partial charge in [-0.25, -0.2) is 15.0 Å². The Morgan fingerprint density at radius 1 is 1.07 bits per heavy atom. The number of carbonyl (C=O) groups is 1. The molecule has 0 saturated carbocycles. The number of nitrogens with one attached hydrogen (secondary N) is 3. The molecular formula is C25H22ClN11O3. The minimum Gasteiger partial charge on any atom is -0.492 e. The molecule has 0 saturated heterocycles. The van der Waals surface area contributed by atoms with Gasteiger partial charge in [-0.3, -0.25) is 18.8 Å². The van der Waals surface area contributed by atoms with E-state index in [1.807, 2.05) is 5.32 Å². The number of hydrogen-bond donors (Lipinski definition) is 3.